The van der Waals surface area contributed by atoms with Crippen LogP contribution in [0.3, 0.4) is 0 Å². The summed E-state index contributed by atoms with van der Waals surface area (Å²) in [5, 5.41) is 6.41. The molecule has 2 unspecified atom stereocenters. The second-order valence-electron chi connectivity index (χ2n) is 6.36. The Morgan fingerprint density at radius 3 is 2.45 bits per heavy atom. The number of amides is 1. The largest absolute Gasteiger partial charge is 0.497 e. The Morgan fingerprint density at radius 2 is 1.86 bits per heavy atom. The van der Waals surface area contributed by atoms with Crippen molar-refractivity contribution in [3.8, 4) is 5.75 Å². The smallest absolute Gasteiger partial charge is 0.240 e. The third-order valence-corrected chi connectivity index (χ3v) is 5.21. The minimum atomic E-state index is 0.00139. The lowest BCUT2D eigenvalue weighted by Crippen LogP contribution is -2.56. The van der Waals surface area contributed by atoms with Gasteiger partial charge in [-0.1, -0.05) is 12.1 Å². The van der Waals surface area contributed by atoms with E-state index in [1.807, 2.05) is 12.1 Å². The van der Waals surface area contributed by atoms with E-state index in [9.17, 15) is 4.79 Å². The number of hydrogen-bond donors (Lipinski definition) is 0. The molecule has 4 aliphatic heterocycles. The molecule has 1 aromatic carbocycles. The first-order chi connectivity index (χ1) is 10.7. The first-order valence-electron chi connectivity index (χ1n) is 7.95. The molecule has 2 bridgehead atoms. The molecule has 0 spiro atoms. The lowest BCUT2D eigenvalue weighted by Gasteiger charge is -2.46. The van der Waals surface area contributed by atoms with Crippen molar-refractivity contribution >= 4 is 11.6 Å². The monoisotopic (exact) mass is 299 g/mol. The second kappa shape index (κ2) is 5.09. The molecule has 4 aliphatic rings. The fourth-order valence-corrected chi connectivity index (χ4v) is 4.12. The third-order valence-electron chi connectivity index (χ3n) is 5.21. The lowest BCUT2D eigenvalue weighted by molar-refractivity contribution is -0.131. The molecular weight excluding hydrogens is 278 g/mol. The minimum absolute atomic E-state index is 0.00139. The second-order valence-corrected chi connectivity index (χ2v) is 6.36. The van der Waals surface area contributed by atoms with E-state index in [-0.39, 0.29) is 18.0 Å². The number of rotatable bonds is 2. The molecule has 5 rings (SSSR count). The topological polar surface area (TPSA) is 45.1 Å². The number of piperidine rings is 3. The molecule has 0 aromatic heterocycles. The molecule has 3 saturated heterocycles. The number of fused-ring (bicyclic) bond motifs is 2. The van der Waals surface area contributed by atoms with Crippen LogP contribution in [0.2, 0.25) is 0 Å². The summed E-state index contributed by atoms with van der Waals surface area (Å²) in [6.45, 7) is 3.84. The molecule has 0 radical (unpaired) electrons. The van der Waals surface area contributed by atoms with Gasteiger partial charge in [0.25, 0.3) is 0 Å². The Hall–Kier alpha value is -1.88. The van der Waals surface area contributed by atoms with E-state index in [2.05, 4.69) is 17.0 Å². The summed E-state index contributed by atoms with van der Waals surface area (Å²) in [6.07, 6.45) is 2.35. The molecule has 0 N–H and O–H groups in total. The summed E-state index contributed by atoms with van der Waals surface area (Å²) in [4.78, 5) is 14.6. The molecule has 3 fully saturated rings. The number of hydrazone groups is 1. The zero-order valence-electron chi connectivity index (χ0n) is 13.0. The predicted octanol–water partition coefficient (Wildman–Crippen LogP) is 2.05. The van der Waals surface area contributed by atoms with E-state index in [0.29, 0.717) is 5.92 Å². The molecule has 5 nitrogen and oxygen atoms in total. The number of methoxy groups -OCH3 is 1. The van der Waals surface area contributed by atoms with Gasteiger partial charge in [0.05, 0.1) is 18.9 Å². The predicted molar refractivity (Wildman–Crippen MR) is 83.8 cm³/mol. The molecule has 116 valence electrons. The number of carbonyl (C=O) groups excluding carboxylic acids is 1. The Morgan fingerprint density at radius 1 is 1.18 bits per heavy atom. The van der Waals surface area contributed by atoms with Crippen molar-refractivity contribution in [2.45, 2.75) is 31.8 Å². The van der Waals surface area contributed by atoms with Crippen LogP contribution < -0.4 is 4.74 Å². The van der Waals surface area contributed by atoms with E-state index in [1.165, 1.54) is 18.6 Å². The minimum Gasteiger partial charge on any atom is -0.497 e. The summed E-state index contributed by atoms with van der Waals surface area (Å²) in [7, 11) is 1.67. The average molecular weight is 299 g/mol. The normalized spacial score (nSPS) is 32.6. The van der Waals surface area contributed by atoms with Gasteiger partial charge in [-0.25, -0.2) is 5.01 Å². The highest BCUT2D eigenvalue weighted by Crippen LogP contribution is 2.43. The molecule has 1 aromatic rings. The van der Waals surface area contributed by atoms with Crippen LogP contribution in [0.5, 0.6) is 5.75 Å². The Bertz CT molecular complexity index is 617. The SMILES string of the molecule is COc1ccc(C2C3C(=NN2C(C)=O)C2CCN3CC2)cc1. The molecule has 2 atom stereocenters. The Kier molecular flexibility index (Phi) is 3.18. The van der Waals surface area contributed by atoms with Gasteiger partial charge in [-0.05, 0) is 43.6 Å². The lowest BCUT2D eigenvalue weighted by atomic mass is 9.78. The van der Waals surface area contributed by atoms with Crippen molar-refractivity contribution in [1.82, 2.24) is 9.91 Å². The van der Waals surface area contributed by atoms with Crippen LogP contribution in [0.4, 0.5) is 0 Å². The summed E-state index contributed by atoms with van der Waals surface area (Å²) >= 11 is 0. The molecule has 1 amide bonds. The van der Waals surface area contributed by atoms with E-state index in [1.54, 1.807) is 19.0 Å². The number of carbonyl (C=O) groups is 1. The van der Waals surface area contributed by atoms with Gasteiger partial charge in [0.15, 0.2) is 0 Å². The van der Waals surface area contributed by atoms with Crippen molar-refractivity contribution in [3.05, 3.63) is 29.8 Å². The number of benzene rings is 1. The Labute approximate surface area is 130 Å². The highest BCUT2D eigenvalue weighted by Gasteiger charge is 2.50. The van der Waals surface area contributed by atoms with E-state index in [0.717, 1.165) is 24.4 Å². The summed E-state index contributed by atoms with van der Waals surface area (Å²) in [6, 6.07) is 8.29. The van der Waals surface area contributed by atoms with Gasteiger partial charge in [0.2, 0.25) is 5.91 Å². The van der Waals surface area contributed by atoms with Crippen molar-refractivity contribution < 1.29 is 9.53 Å². The fraction of sp³-hybridized carbons (Fsp3) is 0.529. The van der Waals surface area contributed by atoms with Crippen molar-refractivity contribution in [2.24, 2.45) is 11.0 Å². The van der Waals surface area contributed by atoms with Crippen LogP contribution in [0.15, 0.2) is 29.4 Å². The van der Waals surface area contributed by atoms with Crippen LogP contribution >= 0.6 is 0 Å². The summed E-state index contributed by atoms with van der Waals surface area (Å²) in [5.74, 6) is 1.41. The van der Waals surface area contributed by atoms with Gasteiger partial charge in [-0.15, -0.1) is 0 Å². The third kappa shape index (κ3) is 1.96. The maximum Gasteiger partial charge on any atom is 0.240 e. The molecule has 22 heavy (non-hydrogen) atoms. The molecule has 5 heteroatoms. The quantitative estimate of drug-likeness (QED) is 0.839. The molecule has 0 saturated carbocycles. The fourth-order valence-electron chi connectivity index (χ4n) is 4.12. The first kappa shape index (κ1) is 13.8. The highest BCUT2D eigenvalue weighted by molar-refractivity contribution is 5.97. The van der Waals surface area contributed by atoms with Gasteiger partial charge < -0.3 is 4.74 Å². The van der Waals surface area contributed by atoms with E-state index < -0.39 is 0 Å². The van der Waals surface area contributed by atoms with Gasteiger partial charge in [-0.2, -0.15) is 5.10 Å². The Balaban J connectivity index is 1.74. The molecular formula is C17H21N3O2. The molecule has 4 heterocycles. The summed E-state index contributed by atoms with van der Waals surface area (Å²) in [5.41, 5.74) is 2.35. The van der Waals surface area contributed by atoms with Gasteiger partial charge in [-0.3, -0.25) is 9.69 Å². The zero-order chi connectivity index (χ0) is 15.3. The van der Waals surface area contributed by atoms with E-state index in [4.69, 9.17) is 9.84 Å². The zero-order valence-corrected chi connectivity index (χ0v) is 13.0. The average Bonchev–Trinajstić information content (AvgIpc) is 2.99. The van der Waals surface area contributed by atoms with Crippen LogP contribution in [0, 0.1) is 5.92 Å². The maximum atomic E-state index is 12.1. The van der Waals surface area contributed by atoms with Crippen LogP contribution in [0.1, 0.15) is 31.4 Å². The summed E-state index contributed by atoms with van der Waals surface area (Å²) < 4.78 is 5.24. The molecule has 0 aliphatic carbocycles. The standard InChI is InChI=1S/C17H21N3O2/c1-11(21)20-16(13-3-5-14(22-2)6-4-13)17-15(18-20)12-7-9-19(17)10-8-12/h3-6,12,16-17H,7-10H2,1-2H3. The van der Waals surface area contributed by atoms with Gasteiger partial charge >= 0.3 is 0 Å². The van der Waals surface area contributed by atoms with Crippen LogP contribution in [0.25, 0.3) is 0 Å². The highest BCUT2D eigenvalue weighted by atomic mass is 16.5. The number of hydrogen-bond acceptors (Lipinski definition) is 4. The van der Waals surface area contributed by atoms with Crippen molar-refractivity contribution in [3.63, 3.8) is 0 Å². The van der Waals surface area contributed by atoms with Crippen molar-refractivity contribution in [1.29, 1.82) is 0 Å². The van der Waals surface area contributed by atoms with Crippen molar-refractivity contribution in [2.75, 3.05) is 20.2 Å². The number of ether oxygens (including phenoxy) is 1. The van der Waals surface area contributed by atoms with Crippen LogP contribution in [-0.2, 0) is 4.79 Å². The first-order valence-corrected chi connectivity index (χ1v) is 7.95. The van der Waals surface area contributed by atoms with Gasteiger partial charge in [0, 0.05) is 12.8 Å². The van der Waals surface area contributed by atoms with E-state index >= 15 is 0 Å². The van der Waals surface area contributed by atoms with Crippen LogP contribution in [-0.4, -0.2) is 47.8 Å². The maximum absolute atomic E-state index is 12.1. The van der Waals surface area contributed by atoms with Gasteiger partial charge in [0.1, 0.15) is 11.8 Å². The number of nitrogens with zero attached hydrogens (tertiary/aromatic N) is 3.